The lowest BCUT2D eigenvalue weighted by molar-refractivity contribution is -0.790. The van der Waals surface area contributed by atoms with E-state index in [2.05, 4.69) is 9.68 Å². The van der Waals surface area contributed by atoms with Crippen LogP contribution in [-0.4, -0.2) is 46.0 Å². The van der Waals surface area contributed by atoms with E-state index in [9.17, 15) is 40.2 Å². The third-order valence-corrected chi connectivity index (χ3v) is 4.70. The quantitative estimate of drug-likeness (QED) is 0.398. The Labute approximate surface area is 173 Å². The van der Waals surface area contributed by atoms with Crippen molar-refractivity contribution in [2.75, 3.05) is 13.7 Å². The van der Waals surface area contributed by atoms with Crippen molar-refractivity contribution in [2.45, 2.75) is 24.9 Å². The molecule has 0 spiro atoms. The van der Waals surface area contributed by atoms with E-state index < -0.39 is 45.6 Å². The number of carbonyl (C=O) groups is 1. The van der Waals surface area contributed by atoms with E-state index in [0.29, 0.717) is 5.39 Å². The van der Waals surface area contributed by atoms with Crippen molar-refractivity contribution in [2.24, 2.45) is 0 Å². The third-order valence-electron chi connectivity index (χ3n) is 4.70. The zero-order valence-corrected chi connectivity index (χ0v) is 16.2. The fourth-order valence-electron chi connectivity index (χ4n) is 3.17. The lowest BCUT2D eigenvalue weighted by atomic mass is 9.77. The summed E-state index contributed by atoms with van der Waals surface area (Å²) in [6.45, 7) is 0.379. The van der Waals surface area contributed by atoms with Crippen molar-refractivity contribution >= 4 is 22.4 Å². The SMILES string of the molecule is COc1ccc2cc([C@](C)(C[C@@H](CO[N+](=O)[O-])O[N+](=O)[O-])C(=O)O)ccc2c1[N+](=O)[O-]. The molecule has 1 N–H and O–H groups in total. The summed E-state index contributed by atoms with van der Waals surface area (Å²) in [6.07, 6.45) is -2.12. The molecule has 0 aliphatic carbocycles. The average molecular weight is 439 g/mol. The number of benzene rings is 2. The van der Waals surface area contributed by atoms with Crippen LogP contribution in [0.4, 0.5) is 5.69 Å². The summed E-state index contributed by atoms with van der Waals surface area (Å²) in [5.41, 5.74) is -1.97. The number of aliphatic carboxylic acids is 1. The van der Waals surface area contributed by atoms with Gasteiger partial charge in [-0.3, -0.25) is 14.9 Å². The van der Waals surface area contributed by atoms with E-state index in [4.69, 9.17) is 4.74 Å². The van der Waals surface area contributed by atoms with Gasteiger partial charge in [-0.15, -0.1) is 20.2 Å². The van der Waals surface area contributed by atoms with E-state index in [0.717, 1.165) is 0 Å². The van der Waals surface area contributed by atoms with E-state index in [1.54, 1.807) is 0 Å². The number of rotatable bonds is 11. The Kier molecular flexibility index (Phi) is 6.74. The number of hydrogen-bond acceptors (Lipinski definition) is 10. The second-order valence-corrected chi connectivity index (χ2v) is 6.62. The van der Waals surface area contributed by atoms with Crippen molar-refractivity contribution in [3.05, 3.63) is 66.2 Å². The van der Waals surface area contributed by atoms with E-state index in [1.807, 2.05) is 0 Å². The van der Waals surface area contributed by atoms with Crippen molar-refractivity contribution in [3.63, 3.8) is 0 Å². The molecule has 0 heterocycles. The molecule has 0 aliphatic heterocycles. The number of ether oxygens (including phenoxy) is 1. The molecule has 14 nitrogen and oxygen atoms in total. The van der Waals surface area contributed by atoms with Gasteiger partial charge in [0.1, 0.15) is 12.7 Å². The molecule has 0 amide bonds. The molecule has 0 fully saturated rings. The first-order valence-electron chi connectivity index (χ1n) is 8.57. The molecule has 14 heteroatoms. The number of methoxy groups -OCH3 is 1. The van der Waals surface area contributed by atoms with Crippen molar-refractivity contribution in [1.82, 2.24) is 0 Å². The minimum Gasteiger partial charge on any atom is -0.490 e. The molecule has 2 aromatic rings. The largest absolute Gasteiger partial charge is 0.490 e. The number of nitro benzene ring substituents is 1. The lowest BCUT2D eigenvalue weighted by Crippen LogP contribution is -2.39. The summed E-state index contributed by atoms with van der Waals surface area (Å²) < 4.78 is 5.00. The van der Waals surface area contributed by atoms with Crippen LogP contribution in [0, 0.1) is 30.3 Å². The first kappa shape index (κ1) is 23.1. The van der Waals surface area contributed by atoms with Gasteiger partial charge in [-0.05, 0) is 42.5 Å². The summed E-state index contributed by atoms with van der Waals surface area (Å²) in [4.78, 5) is 52.5. The summed E-state index contributed by atoms with van der Waals surface area (Å²) in [5.74, 6) is -1.38. The van der Waals surface area contributed by atoms with Crippen molar-refractivity contribution in [1.29, 1.82) is 0 Å². The second kappa shape index (κ2) is 9.06. The van der Waals surface area contributed by atoms with Gasteiger partial charge in [-0.25, -0.2) is 0 Å². The first-order chi connectivity index (χ1) is 14.5. The van der Waals surface area contributed by atoms with Gasteiger partial charge in [-0.2, -0.15) is 0 Å². The molecular weight excluding hydrogens is 422 g/mol. The molecule has 2 atom stereocenters. The molecule has 0 unspecified atom stereocenters. The Hall–Kier alpha value is -4.23. The summed E-state index contributed by atoms with van der Waals surface area (Å²) >= 11 is 0. The molecule has 0 aromatic heterocycles. The van der Waals surface area contributed by atoms with Gasteiger partial charge in [0.25, 0.3) is 10.2 Å². The Bertz CT molecular complexity index is 1040. The Morgan fingerprint density at radius 2 is 1.81 bits per heavy atom. The molecule has 2 rings (SSSR count). The highest BCUT2D eigenvalue weighted by atomic mass is 17.0. The van der Waals surface area contributed by atoms with Crippen LogP contribution in [-0.2, 0) is 19.9 Å². The van der Waals surface area contributed by atoms with Gasteiger partial charge in [0, 0.05) is 0 Å². The number of hydrogen-bond donors (Lipinski definition) is 1. The Morgan fingerprint density at radius 3 is 2.32 bits per heavy atom. The third kappa shape index (κ3) is 5.04. The Morgan fingerprint density at radius 1 is 1.13 bits per heavy atom. The topological polar surface area (TPSA) is 194 Å². The summed E-state index contributed by atoms with van der Waals surface area (Å²) in [7, 11) is 1.27. The van der Waals surface area contributed by atoms with Crippen molar-refractivity contribution < 1.29 is 39.4 Å². The van der Waals surface area contributed by atoms with Gasteiger partial charge in [0.15, 0.2) is 5.75 Å². The van der Waals surface area contributed by atoms with Crippen LogP contribution in [0.5, 0.6) is 5.75 Å². The highest BCUT2D eigenvalue weighted by Crippen LogP contribution is 2.38. The van der Waals surface area contributed by atoms with Gasteiger partial charge < -0.3 is 19.5 Å². The van der Waals surface area contributed by atoms with Gasteiger partial charge in [0.05, 0.1) is 22.8 Å². The predicted molar refractivity (Wildman–Crippen MR) is 102 cm³/mol. The van der Waals surface area contributed by atoms with Gasteiger partial charge in [-0.1, -0.05) is 12.1 Å². The number of carboxylic acids is 1. The summed E-state index contributed by atoms with van der Waals surface area (Å²) in [5, 5.41) is 40.5. The van der Waals surface area contributed by atoms with Crippen LogP contribution in [0.2, 0.25) is 0 Å². The van der Waals surface area contributed by atoms with Gasteiger partial charge in [0.2, 0.25) is 0 Å². The minimum absolute atomic E-state index is 0.0163. The zero-order chi connectivity index (χ0) is 23.3. The van der Waals surface area contributed by atoms with Gasteiger partial charge >= 0.3 is 11.7 Å². The highest BCUT2D eigenvalue weighted by molar-refractivity contribution is 5.95. The average Bonchev–Trinajstić information content (AvgIpc) is 2.69. The molecule has 0 saturated carbocycles. The second-order valence-electron chi connectivity index (χ2n) is 6.62. The number of nitrogens with zero attached hydrogens (tertiary/aromatic N) is 3. The fourth-order valence-corrected chi connectivity index (χ4v) is 3.17. The number of fused-ring (bicyclic) bond motifs is 1. The summed E-state index contributed by atoms with van der Waals surface area (Å²) in [6, 6.07) is 6.89. The maximum Gasteiger partial charge on any atom is 0.318 e. The maximum absolute atomic E-state index is 12.1. The predicted octanol–water partition coefficient (Wildman–Crippen LogP) is 2.27. The highest BCUT2D eigenvalue weighted by Gasteiger charge is 2.39. The normalized spacial score (nSPS) is 13.6. The zero-order valence-electron chi connectivity index (χ0n) is 16.2. The van der Waals surface area contributed by atoms with Crippen LogP contribution in [0.15, 0.2) is 30.3 Å². The number of nitro groups is 1. The maximum atomic E-state index is 12.1. The molecule has 31 heavy (non-hydrogen) atoms. The monoisotopic (exact) mass is 439 g/mol. The molecule has 2 aromatic carbocycles. The number of carboxylic acid groups (broad SMARTS) is 1. The van der Waals surface area contributed by atoms with Crippen LogP contribution in [0.1, 0.15) is 18.9 Å². The van der Waals surface area contributed by atoms with E-state index in [-0.39, 0.29) is 22.4 Å². The van der Waals surface area contributed by atoms with E-state index >= 15 is 0 Å². The minimum atomic E-state index is -1.80. The first-order valence-corrected chi connectivity index (χ1v) is 8.57. The molecular formula is C17H17N3O11. The van der Waals surface area contributed by atoms with Crippen LogP contribution in [0.3, 0.4) is 0 Å². The smallest absolute Gasteiger partial charge is 0.318 e. The molecule has 0 radical (unpaired) electrons. The van der Waals surface area contributed by atoms with Crippen LogP contribution in [0.25, 0.3) is 10.8 Å². The standard InChI is InChI=1S/C17H17N3O11/c1-17(16(21)22,8-12(31-20(27)28)9-30-19(25)26)11-4-5-13-10(7-11)3-6-14(29-2)15(13)18(23)24/h3-7,12H,8-9H2,1-2H3,(H,21,22)/t12-,17-/m0/s1. The molecule has 166 valence electrons. The molecule has 0 bridgehead atoms. The van der Waals surface area contributed by atoms with Crippen molar-refractivity contribution in [3.8, 4) is 5.75 Å². The van der Waals surface area contributed by atoms with Crippen LogP contribution >= 0.6 is 0 Å². The lowest BCUT2D eigenvalue weighted by Gasteiger charge is -2.29. The van der Waals surface area contributed by atoms with Crippen LogP contribution < -0.4 is 4.74 Å². The Balaban J connectivity index is 2.53. The van der Waals surface area contributed by atoms with E-state index in [1.165, 1.54) is 44.4 Å². The molecule has 0 aliphatic rings. The molecule has 0 saturated heterocycles. The fraction of sp³-hybridized carbons (Fsp3) is 0.353.